The van der Waals surface area contributed by atoms with Crippen molar-refractivity contribution in [3.8, 4) is 11.5 Å². The van der Waals surface area contributed by atoms with Gasteiger partial charge >= 0.3 is 0 Å². The first-order valence-corrected chi connectivity index (χ1v) is 6.44. The maximum absolute atomic E-state index is 9.91. The van der Waals surface area contributed by atoms with E-state index in [-0.39, 0.29) is 11.8 Å². The van der Waals surface area contributed by atoms with Crippen LogP contribution in [0.3, 0.4) is 0 Å². The van der Waals surface area contributed by atoms with Crippen LogP contribution in [0.25, 0.3) is 6.08 Å². The van der Waals surface area contributed by atoms with Crippen molar-refractivity contribution in [2.75, 3.05) is 26.2 Å². The number of allylic oxidation sites excluding steroid dienone is 1. The molecule has 0 radical (unpaired) electrons. The molecule has 1 aromatic rings. The van der Waals surface area contributed by atoms with Crippen LogP contribution >= 0.6 is 0 Å². The van der Waals surface area contributed by atoms with E-state index in [1.165, 1.54) is 0 Å². The number of methoxy groups -OCH3 is 2. The Morgan fingerprint density at radius 3 is 2.65 bits per heavy atom. The van der Waals surface area contributed by atoms with E-state index in [1.54, 1.807) is 20.3 Å². The van der Waals surface area contributed by atoms with E-state index in [0.29, 0.717) is 5.75 Å². The lowest BCUT2D eigenvalue weighted by Gasteiger charge is -2.36. The summed E-state index contributed by atoms with van der Waals surface area (Å²) in [4.78, 5) is 2.15. The SMILES string of the molecule is COC1=CC2C(=Cc3c(ccc(O)c3OC)N2C)C=C1. The number of anilines is 1. The Morgan fingerprint density at radius 2 is 1.95 bits per heavy atom. The number of hydrogen-bond donors (Lipinski definition) is 1. The Balaban J connectivity index is 2.16. The highest BCUT2D eigenvalue weighted by atomic mass is 16.5. The number of fused-ring (bicyclic) bond motifs is 2. The average Bonchev–Trinajstić information content (AvgIpc) is 2.47. The third-order valence-electron chi connectivity index (χ3n) is 3.80. The molecule has 0 saturated carbocycles. The van der Waals surface area contributed by atoms with Gasteiger partial charge in [-0.1, -0.05) is 6.08 Å². The maximum atomic E-state index is 9.91. The Morgan fingerprint density at radius 1 is 1.15 bits per heavy atom. The number of hydrogen-bond acceptors (Lipinski definition) is 4. The normalized spacial score (nSPS) is 19.8. The molecule has 1 aliphatic heterocycles. The second kappa shape index (κ2) is 4.63. The van der Waals surface area contributed by atoms with E-state index in [2.05, 4.69) is 17.1 Å². The minimum Gasteiger partial charge on any atom is -0.504 e. The molecule has 1 aromatic carbocycles. The van der Waals surface area contributed by atoms with Gasteiger partial charge in [-0.05, 0) is 35.9 Å². The number of rotatable bonds is 2. The van der Waals surface area contributed by atoms with Gasteiger partial charge in [0.25, 0.3) is 0 Å². The first-order chi connectivity index (χ1) is 9.65. The van der Waals surface area contributed by atoms with E-state index in [0.717, 1.165) is 22.6 Å². The molecule has 104 valence electrons. The molecule has 3 rings (SSSR count). The van der Waals surface area contributed by atoms with Crippen LogP contribution in [0.5, 0.6) is 11.5 Å². The van der Waals surface area contributed by atoms with Crippen LogP contribution in [0.2, 0.25) is 0 Å². The largest absolute Gasteiger partial charge is 0.504 e. The number of phenols is 1. The van der Waals surface area contributed by atoms with Crippen LogP contribution < -0.4 is 9.64 Å². The Hall–Kier alpha value is -2.36. The molecular weight excluding hydrogens is 254 g/mol. The summed E-state index contributed by atoms with van der Waals surface area (Å²) < 4.78 is 10.6. The zero-order chi connectivity index (χ0) is 14.3. The van der Waals surface area contributed by atoms with Gasteiger partial charge in [0.2, 0.25) is 0 Å². The van der Waals surface area contributed by atoms with Crippen LogP contribution in [0.1, 0.15) is 5.56 Å². The van der Waals surface area contributed by atoms with Crippen molar-refractivity contribution >= 4 is 11.8 Å². The molecule has 1 aliphatic carbocycles. The van der Waals surface area contributed by atoms with Gasteiger partial charge in [-0.25, -0.2) is 0 Å². The molecule has 4 heteroatoms. The molecule has 0 amide bonds. The van der Waals surface area contributed by atoms with Crippen LogP contribution in [0.15, 0.2) is 41.7 Å². The Labute approximate surface area is 118 Å². The van der Waals surface area contributed by atoms with Crippen LogP contribution in [0.4, 0.5) is 5.69 Å². The van der Waals surface area contributed by atoms with E-state index in [9.17, 15) is 5.11 Å². The zero-order valence-electron chi connectivity index (χ0n) is 11.8. The fraction of sp³-hybridized carbons (Fsp3) is 0.250. The molecule has 0 aromatic heterocycles. The van der Waals surface area contributed by atoms with Gasteiger partial charge in [0.05, 0.1) is 20.3 Å². The molecule has 1 unspecified atom stereocenters. The van der Waals surface area contributed by atoms with E-state index < -0.39 is 0 Å². The third-order valence-corrected chi connectivity index (χ3v) is 3.80. The van der Waals surface area contributed by atoms with Crippen LogP contribution in [-0.2, 0) is 4.74 Å². The minimum absolute atomic E-state index is 0.136. The summed E-state index contributed by atoms with van der Waals surface area (Å²) in [6.45, 7) is 0. The number of benzene rings is 1. The predicted molar refractivity (Wildman–Crippen MR) is 79.1 cm³/mol. The molecule has 0 bridgehead atoms. The molecule has 1 atom stereocenters. The molecule has 0 fully saturated rings. The van der Waals surface area contributed by atoms with Gasteiger partial charge in [-0.3, -0.25) is 0 Å². The molecule has 1 N–H and O–H groups in total. The second-order valence-electron chi connectivity index (χ2n) is 4.86. The fourth-order valence-electron chi connectivity index (χ4n) is 2.75. The zero-order valence-corrected chi connectivity index (χ0v) is 11.8. The van der Waals surface area contributed by atoms with E-state index >= 15 is 0 Å². The van der Waals surface area contributed by atoms with Gasteiger partial charge in [-0.15, -0.1) is 0 Å². The van der Waals surface area contributed by atoms with Crippen molar-refractivity contribution in [1.29, 1.82) is 0 Å². The maximum Gasteiger partial charge on any atom is 0.169 e. The van der Waals surface area contributed by atoms with Crippen molar-refractivity contribution in [2.24, 2.45) is 0 Å². The summed E-state index contributed by atoms with van der Waals surface area (Å²) >= 11 is 0. The minimum atomic E-state index is 0.136. The van der Waals surface area contributed by atoms with Gasteiger partial charge in [0.15, 0.2) is 11.5 Å². The number of nitrogens with zero attached hydrogens (tertiary/aromatic N) is 1. The monoisotopic (exact) mass is 271 g/mol. The van der Waals surface area contributed by atoms with Crippen molar-refractivity contribution in [1.82, 2.24) is 0 Å². The fourth-order valence-corrected chi connectivity index (χ4v) is 2.75. The van der Waals surface area contributed by atoms with Crippen molar-refractivity contribution in [3.63, 3.8) is 0 Å². The van der Waals surface area contributed by atoms with Crippen LogP contribution in [-0.4, -0.2) is 32.4 Å². The summed E-state index contributed by atoms with van der Waals surface area (Å²) in [6, 6.07) is 3.70. The highest BCUT2D eigenvalue weighted by Crippen LogP contribution is 2.43. The number of ether oxygens (including phenoxy) is 2. The molecule has 4 nitrogen and oxygen atoms in total. The topological polar surface area (TPSA) is 41.9 Å². The summed E-state index contributed by atoms with van der Waals surface area (Å²) in [6.07, 6.45) is 8.11. The van der Waals surface area contributed by atoms with Crippen molar-refractivity contribution in [3.05, 3.63) is 47.3 Å². The average molecular weight is 271 g/mol. The number of aromatic hydroxyl groups is 1. The van der Waals surface area contributed by atoms with Crippen molar-refractivity contribution in [2.45, 2.75) is 6.04 Å². The lowest BCUT2D eigenvalue weighted by Crippen LogP contribution is -2.35. The molecule has 2 aliphatic rings. The van der Waals surface area contributed by atoms with E-state index in [4.69, 9.17) is 9.47 Å². The van der Waals surface area contributed by atoms with Crippen LogP contribution in [0, 0.1) is 0 Å². The second-order valence-corrected chi connectivity index (χ2v) is 4.86. The van der Waals surface area contributed by atoms with Gasteiger partial charge in [0.1, 0.15) is 5.76 Å². The highest BCUT2D eigenvalue weighted by Gasteiger charge is 2.28. The summed E-state index contributed by atoms with van der Waals surface area (Å²) in [5.41, 5.74) is 3.07. The molecule has 0 saturated heterocycles. The first-order valence-electron chi connectivity index (χ1n) is 6.44. The Kier molecular flexibility index (Phi) is 2.93. The lowest BCUT2D eigenvalue weighted by molar-refractivity contribution is 0.303. The smallest absolute Gasteiger partial charge is 0.169 e. The third kappa shape index (κ3) is 1.76. The number of phenolic OH excluding ortho intramolecular Hbond substituents is 1. The highest BCUT2D eigenvalue weighted by molar-refractivity contribution is 5.83. The Bertz CT molecular complexity index is 643. The van der Waals surface area contributed by atoms with Crippen molar-refractivity contribution < 1.29 is 14.6 Å². The molecule has 1 heterocycles. The molecule has 0 spiro atoms. The molecular formula is C16H17NO3. The van der Waals surface area contributed by atoms with Gasteiger partial charge in [-0.2, -0.15) is 0 Å². The quantitative estimate of drug-likeness (QED) is 0.898. The van der Waals surface area contributed by atoms with E-state index in [1.807, 2.05) is 25.3 Å². The standard InChI is InChI=1S/C16H17NO3/c1-17-13-6-7-15(18)16(20-3)12(13)8-10-4-5-11(19-2)9-14(10)17/h4-9,14,18H,1-3H3. The summed E-state index contributed by atoms with van der Waals surface area (Å²) in [5, 5.41) is 9.91. The first kappa shape index (κ1) is 12.7. The predicted octanol–water partition coefficient (Wildman–Crippen LogP) is 2.70. The van der Waals surface area contributed by atoms with Gasteiger partial charge < -0.3 is 19.5 Å². The summed E-state index contributed by atoms with van der Waals surface area (Å²) in [7, 11) is 5.26. The van der Waals surface area contributed by atoms with Gasteiger partial charge in [0, 0.05) is 18.3 Å². The molecule has 20 heavy (non-hydrogen) atoms. The number of likely N-dealkylation sites (N-methyl/N-ethyl adjacent to an activating group) is 1. The lowest BCUT2D eigenvalue weighted by atomic mass is 9.91. The summed E-state index contributed by atoms with van der Waals surface area (Å²) in [5.74, 6) is 1.52.